The minimum atomic E-state index is -0.981. The van der Waals surface area contributed by atoms with Gasteiger partial charge >= 0.3 is 5.97 Å². The molecule has 0 radical (unpaired) electrons. The fourth-order valence-electron chi connectivity index (χ4n) is 1.90. The maximum atomic E-state index is 11.1. The van der Waals surface area contributed by atoms with E-state index in [-0.39, 0.29) is 0 Å². The molecule has 0 aliphatic heterocycles. The van der Waals surface area contributed by atoms with Crippen molar-refractivity contribution in [2.45, 2.75) is 42.9 Å². The third-order valence-corrected chi connectivity index (χ3v) is 4.19. The molecule has 1 aliphatic rings. The average Bonchev–Trinajstić information content (AvgIpc) is 2.74. The smallest absolute Gasteiger partial charge is 0.319 e. The summed E-state index contributed by atoms with van der Waals surface area (Å²) < 4.78 is -0.981. The summed E-state index contributed by atoms with van der Waals surface area (Å²) in [7, 11) is 0. The summed E-state index contributed by atoms with van der Waals surface area (Å²) in [6, 6.07) is 3.97. The van der Waals surface area contributed by atoms with E-state index in [2.05, 4.69) is 11.1 Å². The predicted molar refractivity (Wildman–Crippen MR) is 68.5 cm³/mol. The van der Waals surface area contributed by atoms with E-state index >= 15 is 0 Å². The number of nitrogens with zero attached hydrogens (tertiary/aromatic N) is 2. The monoisotopic (exact) mass is 262 g/mol. The normalized spacial score (nSPS) is 14.1. The summed E-state index contributed by atoms with van der Waals surface area (Å²) in [5.74, 6) is -0.904. The molecule has 0 spiro atoms. The van der Waals surface area contributed by atoms with Crippen molar-refractivity contribution < 1.29 is 9.90 Å². The highest BCUT2D eigenvalue weighted by molar-refractivity contribution is 8.01. The highest BCUT2D eigenvalue weighted by Crippen LogP contribution is 2.35. The van der Waals surface area contributed by atoms with Crippen LogP contribution in [0.1, 0.15) is 37.1 Å². The van der Waals surface area contributed by atoms with Crippen molar-refractivity contribution in [3.8, 4) is 6.07 Å². The van der Waals surface area contributed by atoms with Crippen LogP contribution >= 0.6 is 11.8 Å². The second kappa shape index (κ2) is 4.62. The molecule has 94 valence electrons. The van der Waals surface area contributed by atoms with Crippen molar-refractivity contribution >= 4 is 17.7 Å². The van der Waals surface area contributed by atoms with E-state index in [1.165, 1.54) is 0 Å². The molecule has 1 heterocycles. The van der Waals surface area contributed by atoms with Crippen LogP contribution in [-0.4, -0.2) is 20.8 Å². The first-order valence-corrected chi connectivity index (χ1v) is 6.61. The van der Waals surface area contributed by atoms with Gasteiger partial charge in [0.1, 0.15) is 15.8 Å². The SMILES string of the molecule is CC(C)(Sc1nc2c(cc1C#N)CCC2)C(=O)O. The lowest BCUT2D eigenvalue weighted by Crippen LogP contribution is -2.27. The highest BCUT2D eigenvalue weighted by Gasteiger charge is 2.31. The van der Waals surface area contributed by atoms with E-state index in [1.807, 2.05) is 6.07 Å². The Morgan fingerprint density at radius 3 is 2.89 bits per heavy atom. The van der Waals surface area contributed by atoms with Crippen LogP contribution in [0.2, 0.25) is 0 Å². The summed E-state index contributed by atoms with van der Waals surface area (Å²) in [5, 5.41) is 18.8. The second-order valence-corrected chi connectivity index (χ2v) is 6.44. The first-order valence-electron chi connectivity index (χ1n) is 5.79. The Kier molecular flexibility index (Phi) is 3.31. The Bertz CT molecular complexity index is 547. The Balaban J connectivity index is 2.39. The summed E-state index contributed by atoms with van der Waals surface area (Å²) in [4.78, 5) is 15.6. The van der Waals surface area contributed by atoms with Crippen LogP contribution in [0.5, 0.6) is 0 Å². The van der Waals surface area contributed by atoms with Gasteiger partial charge in [-0.15, -0.1) is 0 Å². The van der Waals surface area contributed by atoms with E-state index in [4.69, 9.17) is 10.4 Å². The molecule has 2 rings (SSSR count). The number of nitriles is 1. The van der Waals surface area contributed by atoms with Crippen LogP contribution in [0.3, 0.4) is 0 Å². The van der Waals surface area contributed by atoms with Gasteiger partial charge in [-0.1, -0.05) is 11.8 Å². The average molecular weight is 262 g/mol. The van der Waals surface area contributed by atoms with Crippen molar-refractivity contribution in [2.75, 3.05) is 0 Å². The van der Waals surface area contributed by atoms with Crippen LogP contribution in [0, 0.1) is 11.3 Å². The van der Waals surface area contributed by atoms with Gasteiger partial charge < -0.3 is 5.11 Å². The van der Waals surface area contributed by atoms with Crippen LogP contribution in [-0.2, 0) is 17.6 Å². The number of hydrogen-bond donors (Lipinski definition) is 1. The van der Waals surface area contributed by atoms with Crippen molar-refractivity contribution in [3.05, 3.63) is 22.9 Å². The number of carboxylic acids is 1. The predicted octanol–water partition coefficient (Wildman–Crippen LogP) is 2.40. The summed E-state index contributed by atoms with van der Waals surface area (Å²) in [5.41, 5.74) is 2.62. The zero-order chi connectivity index (χ0) is 13.3. The number of pyridine rings is 1. The largest absolute Gasteiger partial charge is 0.480 e. The Hall–Kier alpha value is -1.54. The fraction of sp³-hybridized carbons (Fsp3) is 0.462. The third-order valence-electron chi connectivity index (χ3n) is 3.00. The molecule has 0 unspecified atom stereocenters. The van der Waals surface area contributed by atoms with E-state index in [1.54, 1.807) is 13.8 Å². The number of fused-ring (bicyclic) bond motifs is 1. The van der Waals surface area contributed by atoms with E-state index in [0.717, 1.165) is 42.3 Å². The number of aromatic nitrogens is 1. The molecular weight excluding hydrogens is 248 g/mol. The van der Waals surface area contributed by atoms with E-state index in [0.29, 0.717) is 10.6 Å². The fourth-order valence-corrected chi connectivity index (χ4v) is 2.84. The maximum Gasteiger partial charge on any atom is 0.319 e. The number of rotatable bonds is 3. The Morgan fingerprint density at radius 2 is 2.28 bits per heavy atom. The van der Waals surface area contributed by atoms with E-state index in [9.17, 15) is 4.79 Å². The molecule has 0 fully saturated rings. The Morgan fingerprint density at radius 1 is 1.56 bits per heavy atom. The van der Waals surface area contributed by atoms with Gasteiger partial charge in [-0.3, -0.25) is 4.79 Å². The quantitative estimate of drug-likeness (QED) is 0.847. The minimum Gasteiger partial charge on any atom is -0.480 e. The van der Waals surface area contributed by atoms with Crippen molar-refractivity contribution in [3.63, 3.8) is 0 Å². The summed E-state index contributed by atoms with van der Waals surface area (Å²) in [6.07, 6.45) is 2.94. The van der Waals surface area contributed by atoms with Crippen LogP contribution < -0.4 is 0 Å². The molecular formula is C13H14N2O2S. The minimum absolute atomic E-state index is 0.481. The molecule has 4 nitrogen and oxygen atoms in total. The van der Waals surface area contributed by atoms with Gasteiger partial charge in [0.2, 0.25) is 0 Å². The standard InChI is InChI=1S/C13H14N2O2S/c1-13(2,12(16)17)18-11-9(7-14)6-8-4-3-5-10(8)15-11/h6H,3-5H2,1-2H3,(H,16,17). The van der Waals surface area contributed by atoms with Gasteiger partial charge in [-0.2, -0.15) is 5.26 Å². The molecule has 0 aromatic carbocycles. The number of aliphatic carboxylic acids is 1. The topological polar surface area (TPSA) is 74.0 Å². The van der Waals surface area contributed by atoms with Crippen LogP contribution in [0.25, 0.3) is 0 Å². The van der Waals surface area contributed by atoms with Gasteiger partial charge in [0.05, 0.1) is 5.56 Å². The molecule has 1 N–H and O–H groups in total. The number of thioether (sulfide) groups is 1. The van der Waals surface area contributed by atoms with Gasteiger partial charge in [0.25, 0.3) is 0 Å². The molecule has 1 aliphatic carbocycles. The number of carboxylic acid groups (broad SMARTS) is 1. The van der Waals surface area contributed by atoms with E-state index < -0.39 is 10.7 Å². The van der Waals surface area contributed by atoms with Crippen molar-refractivity contribution in [1.82, 2.24) is 4.98 Å². The zero-order valence-corrected chi connectivity index (χ0v) is 11.2. The zero-order valence-electron chi connectivity index (χ0n) is 10.4. The molecule has 5 heteroatoms. The maximum absolute atomic E-state index is 11.1. The summed E-state index contributed by atoms with van der Waals surface area (Å²) >= 11 is 1.14. The van der Waals surface area contributed by atoms with Crippen LogP contribution in [0.4, 0.5) is 0 Å². The van der Waals surface area contributed by atoms with Crippen molar-refractivity contribution in [2.24, 2.45) is 0 Å². The van der Waals surface area contributed by atoms with Gasteiger partial charge in [0, 0.05) is 5.69 Å². The molecule has 0 saturated heterocycles. The van der Waals surface area contributed by atoms with Gasteiger partial charge in [-0.25, -0.2) is 4.98 Å². The molecule has 1 aromatic heterocycles. The van der Waals surface area contributed by atoms with Crippen molar-refractivity contribution in [1.29, 1.82) is 5.26 Å². The second-order valence-electron chi connectivity index (χ2n) is 4.83. The Labute approximate surface area is 110 Å². The molecule has 0 saturated carbocycles. The summed E-state index contributed by atoms with van der Waals surface area (Å²) in [6.45, 7) is 3.24. The molecule has 1 aromatic rings. The molecule has 0 amide bonds. The van der Waals surface area contributed by atoms with Gasteiger partial charge in [0.15, 0.2) is 0 Å². The molecule has 18 heavy (non-hydrogen) atoms. The van der Waals surface area contributed by atoms with Crippen LogP contribution in [0.15, 0.2) is 11.1 Å². The lowest BCUT2D eigenvalue weighted by molar-refractivity contribution is -0.138. The first kappa shape index (κ1) is 12.9. The molecule has 0 bridgehead atoms. The third kappa shape index (κ3) is 2.34. The number of carbonyl (C=O) groups is 1. The lowest BCUT2D eigenvalue weighted by Gasteiger charge is -2.18. The number of hydrogen-bond acceptors (Lipinski definition) is 4. The molecule has 0 atom stereocenters. The highest BCUT2D eigenvalue weighted by atomic mass is 32.2. The number of aryl methyl sites for hydroxylation is 2. The first-order chi connectivity index (χ1) is 8.44. The lowest BCUT2D eigenvalue weighted by atomic mass is 10.2. The van der Waals surface area contributed by atoms with Gasteiger partial charge in [-0.05, 0) is 44.7 Å².